The van der Waals surface area contributed by atoms with Crippen molar-refractivity contribution in [2.75, 3.05) is 25.0 Å². The minimum atomic E-state index is -0.485. The number of carbonyl (C=O) groups excluding carboxylic acids is 3. The molecule has 38 heavy (non-hydrogen) atoms. The average Bonchev–Trinajstić information content (AvgIpc) is 3.15. The van der Waals surface area contributed by atoms with E-state index < -0.39 is 5.91 Å². The number of primary amides is 1. The summed E-state index contributed by atoms with van der Waals surface area (Å²) in [4.78, 5) is 46.8. The normalized spacial score (nSPS) is 25.2. The molecular formula is C29H38N6O3. The zero-order valence-corrected chi connectivity index (χ0v) is 22.5. The van der Waals surface area contributed by atoms with Crippen LogP contribution in [0.3, 0.4) is 0 Å². The van der Waals surface area contributed by atoms with Crippen LogP contribution in [0.1, 0.15) is 80.7 Å². The number of hydrogen-bond donors (Lipinski definition) is 3. The molecule has 4 N–H and O–H groups in total. The van der Waals surface area contributed by atoms with E-state index >= 15 is 0 Å². The summed E-state index contributed by atoms with van der Waals surface area (Å²) in [5, 5.41) is 6.38. The molecule has 1 aromatic carbocycles. The van der Waals surface area contributed by atoms with Gasteiger partial charge in [0.25, 0.3) is 11.8 Å². The summed E-state index contributed by atoms with van der Waals surface area (Å²) in [6.07, 6.45) is 7.60. The number of nitrogens with two attached hydrogens (primary N) is 1. The molecular weight excluding hydrogens is 480 g/mol. The number of aromatic nitrogens is 1. The van der Waals surface area contributed by atoms with Crippen LogP contribution in [0.2, 0.25) is 0 Å². The van der Waals surface area contributed by atoms with Crippen molar-refractivity contribution < 1.29 is 14.4 Å². The van der Waals surface area contributed by atoms with Crippen LogP contribution in [0, 0.1) is 13.8 Å². The number of fused-ring (bicyclic) bond motifs is 2. The van der Waals surface area contributed by atoms with Gasteiger partial charge in [0, 0.05) is 48.0 Å². The summed E-state index contributed by atoms with van der Waals surface area (Å²) in [7, 11) is 2.09. The van der Waals surface area contributed by atoms with E-state index in [0.29, 0.717) is 34.3 Å². The third kappa shape index (κ3) is 5.38. The molecule has 3 amide bonds. The van der Waals surface area contributed by atoms with Crippen molar-refractivity contribution in [2.24, 2.45) is 5.73 Å². The number of anilines is 1. The van der Waals surface area contributed by atoms with Crippen LogP contribution in [0.5, 0.6) is 0 Å². The fourth-order valence-corrected chi connectivity index (χ4v) is 6.48. The van der Waals surface area contributed by atoms with Gasteiger partial charge in [-0.3, -0.25) is 14.4 Å². The number of likely N-dealkylation sites (N-methyl/N-ethyl adjacent to an activating group) is 1. The van der Waals surface area contributed by atoms with Crippen LogP contribution in [-0.2, 0) is 0 Å². The first kappa shape index (κ1) is 26.2. The number of carbonyl (C=O) groups is 3. The van der Waals surface area contributed by atoms with Crippen LogP contribution < -0.4 is 21.3 Å². The molecule has 1 aromatic heterocycles. The second-order valence-corrected chi connectivity index (χ2v) is 11.3. The van der Waals surface area contributed by atoms with Gasteiger partial charge in [0.05, 0.1) is 5.56 Å². The molecule has 2 bridgehead atoms. The average molecular weight is 519 g/mol. The van der Waals surface area contributed by atoms with Gasteiger partial charge >= 0.3 is 0 Å². The minimum Gasteiger partial charge on any atom is -0.366 e. The van der Waals surface area contributed by atoms with Crippen molar-refractivity contribution >= 4 is 23.5 Å². The molecule has 3 saturated heterocycles. The number of benzene rings is 1. The van der Waals surface area contributed by atoms with Gasteiger partial charge in [-0.1, -0.05) is 0 Å². The quantitative estimate of drug-likeness (QED) is 0.541. The summed E-state index contributed by atoms with van der Waals surface area (Å²) < 4.78 is 0. The van der Waals surface area contributed by atoms with Crippen molar-refractivity contribution in [3.8, 4) is 0 Å². The summed E-state index contributed by atoms with van der Waals surface area (Å²) in [6.45, 7) is 5.58. The molecule has 3 aliphatic rings. The Morgan fingerprint density at radius 1 is 0.921 bits per heavy atom. The largest absolute Gasteiger partial charge is 0.366 e. The molecule has 0 radical (unpaired) electrons. The molecule has 0 spiro atoms. The van der Waals surface area contributed by atoms with Crippen LogP contribution >= 0.6 is 0 Å². The standard InChI is InChI=1S/C29H38N6O3/c1-17-12-25(18(2)11-24(17)27(30)36)29(38)33-21-13-22-7-8-23(14-21)35(22)26-9-6-19(15-31-26)28(37)32-20-5-4-10-34(3)16-20/h6,9,11-12,15,20-23H,4-5,7-8,10,13-14,16H2,1-3H3,(H2,30,36)(H,32,37)(H,33,38)/t20-,21-,22+,23-/m0/s1. The predicted octanol–water partition coefficient (Wildman–Crippen LogP) is 2.55. The van der Waals surface area contributed by atoms with Crippen LogP contribution in [0.25, 0.3) is 0 Å². The van der Waals surface area contributed by atoms with E-state index in [1.807, 2.05) is 19.1 Å². The number of pyridine rings is 1. The summed E-state index contributed by atoms with van der Waals surface area (Å²) in [5.41, 5.74) is 8.52. The highest BCUT2D eigenvalue weighted by molar-refractivity contribution is 5.99. The summed E-state index contributed by atoms with van der Waals surface area (Å²) >= 11 is 0. The van der Waals surface area contributed by atoms with E-state index in [9.17, 15) is 14.4 Å². The van der Waals surface area contributed by atoms with Crippen molar-refractivity contribution in [3.05, 3.63) is 58.3 Å². The van der Waals surface area contributed by atoms with Crippen molar-refractivity contribution in [2.45, 2.75) is 76.5 Å². The van der Waals surface area contributed by atoms with E-state index in [4.69, 9.17) is 5.73 Å². The first-order valence-electron chi connectivity index (χ1n) is 13.6. The highest BCUT2D eigenvalue weighted by atomic mass is 16.2. The third-order valence-electron chi connectivity index (χ3n) is 8.38. The van der Waals surface area contributed by atoms with Gasteiger partial charge in [0.1, 0.15) is 5.82 Å². The lowest BCUT2D eigenvalue weighted by Crippen LogP contribution is -2.51. The predicted molar refractivity (Wildman–Crippen MR) is 146 cm³/mol. The Balaban J connectivity index is 1.20. The highest BCUT2D eigenvalue weighted by Gasteiger charge is 2.42. The molecule has 0 unspecified atom stereocenters. The molecule has 5 rings (SSSR count). The Hall–Kier alpha value is -3.46. The topological polar surface area (TPSA) is 121 Å². The molecule has 4 atom stereocenters. The highest BCUT2D eigenvalue weighted by Crippen LogP contribution is 2.38. The van der Waals surface area contributed by atoms with Gasteiger partial charge in [-0.2, -0.15) is 0 Å². The Labute approximate surface area is 224 Å². The van der Waals surface area contributed by atoms with Gasteiger partial charge in [-0.15, -0.1) is 0 Å². The van der Waals surface area contributed by atoms with Crippen LogP contribution in [-0.4, -0.2) is 71.9 Å². The Kier molecular flexibility index (Phi) is 7.38. The van der Waals surface area contributed by atoms with Crippen LogP contribution in [0.4, 0.5) is 5.82 Å². The maximum absolute atomic E-state index is 13.1. The number of amides is 3. The van der Waals surface area contributed by atoms with Crippen LogP contribution in [0.15, 0.2) is 30.5 Å². The number of rotatable bonds is 6. The fraction of sp³-hybridized carbons (Fsp3) is 0.517. The second kappa shape index (κ2) is 10.7. The number of piperidine rings is 2. The van der Waals surface area contributed by atoms with Gasteiger partial charge in [-0.05, 0) is 101 Å². The number of nitrogens with one attached hydrogen (secondary N) is 2. The van der Waals surface area contributed by atoms with E-state index in [0.717, 1.165) is 63.0 Å². The Morgan fingerprint density at radius 2 is 1.58 bits per heavy atom. The molecule has 3 aliphatic heterocycles. The monoisotopic (exact) mass is 518 g/mol. The Morgan fingerprint density at radius 3 is 2.21 bits per heavy atom. The maximum Gasteiger partial charge on any atom is 0.253 e. The molecule has 9 heteroatoms. The van der Waals surface area contributed by atoms with E-state index in [1.54, 1.807) is 25.3 Å². The smallest absolute Gasteiger partial charge is 0.253 e. The number of nitrogens with zero attached hydrogens (tertiary/aromatic N) is 3. The summed E-state index contributed by atoms with van der Waals surface area (Å²) in [5.74, 6) is 0.228. The second-order valence-electron chi connectivity index (χ2n) is 11.3. The van der Waals surface area contributed by atoms with E-state index in [1.165, 1.54) is 0 Å². The lowest BCUT2D eigenvalue weighted by atomic mass is 9.95. The SMILES string of the molecule is Cc1cc(C(=O)N[C@H]2C[C@H]3CC[C@@H](C2)N3c2ccc(C(=O)N[C@H]3CCCN(C)C3)cn2)c(C)cc1C(N)=O. The number of hydrogen-bond acceptors (Lipinski definition) is 6. The molecule has 4 heterocycles. The number of aryl methyl sites for hydroxylation is 2. The first-order chi connectivity index (χ1) is 18.2. The van der Waals surface area contributed by atoms with Crippen molar-refractivity contribution in [1.82, 2.24) is 20.5 Å². The van der Waals surface area contributed by atoms with Gasteiger partial charge < -0.3 is 26.2 Å². The zero-order chi connectivity index (χ0) is 27.0. The zero-order valence-electron chi connectivity index (χ0n) is 22.5. The lowest BCUT2D eigenvalue weighted by molar-refractivity contribution is 0.0908. The van der Waals surface area contributed by atoms with E-state index in [2.05, 4.69) is 32.5 Å². The molecule has 2 aromatic rings. The van der Waals surface area contributed by atoms with Crippen molar-refractivity contribution in [1.29, 1.82) is 0 Å². The summed E-state index contributed by atoms with van der Waals surface area (Å²) in [6, 6.07) is 8.13. The molecule has 0 aliphatic carbocycles. The first-order valence-corrected chi connectivity index (χ1v) is 13.6. The molecule has 9 nitrogen and oxygen atoms in total. The minimum absolute atomic E-state index is 0.0665. The number of likely N-dealkylation sites (tertiary alicyclic amines) is 1. The van der Waals surface area contributed by atoms with Crippen molar-refractivity contribution in [3.63, 3.8) is 0 Å². The van der Waals surface area contributed by atoms with Gasteiger partial charge in [-0.25, -0.2) is 4.98 Å². The third-order valence-corrected chi connectivity index (χ3v) is 8.38. The lowest BCUT2D eigenvalue weighted by Gasteiger charge is -2.40. The molecule has 0 saturated carbocycles. The molecule has 202 valence electrons. The van der Waals surface area contributed by atoms with Gasteiger partial charge in [0.15, 0.2) is 0 Å². The maximum atomic E-state index is 13.1. The fourth-order valence-electron chi connectivity index (χ4n) is 6.48. The van der Waals surface area contributed by atoms with Gasteiger partial charge in [0.2, 0.25) is 5.91 Å². The molecule has 3 fully saturated rings. The van der Waals surface area contributed by atoms with E-state index in [-0.39, 0.29) is 23.9 Å². The Bertz CT molecular complexity index is 1220.